The molecule has 3 rings (SSSR count). The molecule has 1 aliphatic heterocycles. The molecule has 1 aromatic heterocycles. The molecule has 1 aromatic carbocycles. The summed E-state index contributed by atoms with van der Waals surface area (Å²) in [6, 6.07) is 5.00. The molecule has 1 saturated heterocycles. The summed E-state index contributed by atoms with van der Waals surface area (Å²) in [5.74, 6) is 0.823. The van der Waals surface area contributed by atoms with Gasteiger partial charge >= 0.3 is 0 Å². The van der Waals surface area contributed by atoms with Gasteiger partial charge in [0.05, 0.1) is 16.3 Å². The van der Waals surface area contributed by atoms with E-state index in [1.807, 2.05) is 18.7 Å². The smallest absolute Gasteiger partial charge is 0.255 e. The Bertz CT molecular complexity index is 756. The van der Waals surface area contributed by atoms with Gasteiger partial charge in [-0.25, -0.2) is 0 Å². The van der Waals surface area contributed by atoms with Crippen LogP contribution in [0.25, 0.3) is 0 Å². The Kier molecular flexibility index (Phi) is 5.67. The van der Waals surface area contributed by atoms with E-state index < -0.39 is 0 Å². The summed E-state index contributed by atoms with van der Waals surface area (Å²) in [6.45, 7) is 7.82. The minimum absolute atomic E-state index is 0.0409. The first-order chi connectivity index (χ1) is 12.0. The molecule has 25 heavy (non-hydrogen) atoms. The van der Waals surface area contributed by atoms with Gasteiger partial charge in [0, 0.05) is 43.3 Å². The van der Waals surface area contributed by atoms with Crippen LogP contribution in [0.2, 0.25) is 10.0 Å². The van der Waals surface area contributed by atoms with E-state index in [0.717, 1.165) is 49.6 Å². The largest absolute Gasteiger partial charge is 0.361 e. The molecule has 0 radical (unpaired) electrons. The van der Waals surface area contributed by atoms with Crippen molar-refractivity contribution in [2.45, 2.75) is 26.8 Å². The maximum absolute atomic E-state index is 12.8. The average molecular weight is 382 g/mol. The molecule has 0 aliphatic carbocycles. The van der Waals surface area contributed by atoms with Crippen LogP contribution in [0.1, 0.15) is 33.8 Å². The van der Waals surface area contributed by atoms with Gasteiger partial charge in [-0.3, -0.25) is 9.69 Å². The van der Waals surface area contributed by atoms with Crippen LogP contribution in [0.4, 0.5) is 0 Å². The molecule has 134 valence electrons. The fourth-order valence-electron chi connectivity index (χ4n) is 3.12. The van der Waals surface area contributed by atoms with Crippen molar-refractivity contribution in [1.82, 2.24) is 15.0 Å². The number of benzene rings is 1. The third-order valence-corrected chi connectivity index (χ3v) is 5.15. The standard InChI is InChI=1S/C18H21Cl2N3O2/c1-12-16(13(2)25-21-12)11-22-6-3-7-23(9-8-22)18(24)15-5-4-14(19)10-17(15)20/h4-5,10H,3,6-9,11H2,1-2H3. The molecule has 0 atom stereocenters. The molecule has 0 bridgehead atoms. The second kappa shape index (κ2) is 7.77. The number of carbonyl (C=O) groups is 1. The van der Waals surface area contributed by atoms with E-state index in [1.165, 1.54) is 0 Å². The van der Waals surface area contributed by atoms with Crippen LogP contribution in [-0.2, 0) is 6.54 Å². The lowest BCUT2D eigenvalue weighted by Crippen LogP contribution is -2.35. The van der Waals surface area contributed by atoms with Crippen LogP contribution in [0.5, 0.6) is 0 Å². The zero-order valence-corrected chi connectivity index (χ0v) is 15.9. The van der Waals surface area contributed by atoms with Gasteiger partial charge in [-0.15, -0.1) is 0 Å². The molecule has 7 heteroatoms. The molecular weight excluding hydrogens is 361 g/mol. The van der Waals surface area contributed by atoms with Gasteiger partial charge in [-0.05, 0) is 38.5 Å². The SMILES string of the molecule is Cc1noc(C)c1CN1CCCN(C(=O)c2ccc(Cl)cc2Cl)CC1. The molecule has 5 nitrogen and oxygen atoms in total. The highest BCUT2D eigenvalue weighted by atomic mass is 35.5. The van der Waals surface area contributed by atoms with Crippen LogP contribution in [0, 0.1) is 13.8 Å². The van der Waals surface area contributed by atoms with Crippen molar-refractivity contribution in [3.05, 3.63) is 50.8 Å². The Morgan fingerprint density at radius 2 is 2.00 bits per heavy atom. The number of aromatic nitrogens is 1. The van der Waals surface area contributed by atoms with E-state index in [0.29, 0.717) is 22.2 Å². The van der Waals surface area contributed by atoms with E-state index >= 15 is 0 Å². The maximum atomic E-state index is 12.8. The molecule has 0 saturated carbocycles. The molecule has 0 unspecified atom stereocenters. The summed E-state index contributed by atoms with van der Waals surface area (Å²) in [4.78, 5) is 17.0. The molecule has 1 fully saturated rings. The van der Waals surface area contributed by atoms with E-state index in [2.05, 4.69) is 10.1 Å². The summed E-state index contributed by atoms with van der Waals surface area (Å²) in [6.07, 6.45) is 0.917. The summed E-state index contributed by atoms with van der Waals surface area (Å²) in [5.41, 5.74) is 2.58. The minimum atomic E-state index is -0.0409. The normalized spacial score (nSPS) is 16.1. The lowest BCUT2D eigenvalue weighted by atomic mass is 10.2. The number of rotatable bonds is 3. The summed E-state index contributed by atoms with van der Waals surface area (Å²) in [7, 11) is 0. The van der Waals surface area contributed by atoms with Crippen molar-refractivity contribution in [3.8, 4) is 0 Å². The predicted octanol–water partition coefficient (Wildman–Crippen LogP) is 3.95. The number of aryl methyl sites for hydroxylation is 2. The molecule has 1 amide bonds. The van der Waals surface area contributed by atoms with E-state index in [9.17, 15) is 4.79 Å². The van der Waals surface area contributed by atoms with Crippen LogP contribution < -0.4 is 0 Å². The Morgan fingerprint density at radius 1 is 1.20 bits per heavy atom. The molecular formula is C18H21Cl2N3O2. The van der Waals surface area contributed by atoms with Gasteiger partial charge in [0.2, 0.25) is 0 Å². The third-order valence-electron chi connectivity index (χ3n) is 4.60. The predicted molar refractivity (Wildman–Crippen MR) is 98.2 cm³/mol. The zero-order chi connectivity index (χ0) is 18.0. The van der Waals surface area contributed by atoms with Gasteiger partial charge in [0.1, 0.15) is 5.76 Å². The summed E-state index contributed by atoms with van der Waals surface area (Å²) >= 11 is 12.1. The Labute approximate surface area is 157 Å². The van der Waals surface area contributed by atoms with E-state index in [1.54, 1.807) is 18.2 Å². The fraction of sp³-hybridized carbons (Fsp3) is 0.444. The summed E-state index contributed by atoms with van der Waals surface area (Å²) in [5, 5.41) is 4.94. The highest BCUT2D eigenvalue weighted by Gasteiger charge is 2.23. The number of amides is 1. The first kappa shape index (κ1) is 18.2. The quantitative estimate of drug-likeness (QED) is 0.807. The number of halogens is 2. The van der Waals surface area contributed by atoms with Crippen molar-refractivity contribution in [2.75, 3.05) is 26.2 Å². The Hall–Kier alpha value is -1.56. The van der Waals surface area contributed by atoms with Gasteiger partial charge in [-0.2, -0.15) is 0 Å². The first-order valence-electron chi connectivity index (χ1n) is 8.34. The second-order valence-corrected chi connectivity index (χ2v) is 7.19. The first-order valence-corrected chi connectivity index (χ1v) is 9.09. The highest BCUT2D eigenvalue weighted by Crippen LogP contribution is 2.23. The Balaban J connectivity index is 1.66. The van der Waals surface area contributed by atoms with Gasteiger partial charge in [0.25, 0.3) is 5.91 Å². The number of nitrogens with zero attached hydrogens (tertiary/aromatic N) is 3. The van der Waals surface area contributed by atoms with Crippen molar-refractivity contribution in [2.24, 2.45) is 0 Å². The van der Waals surface area contributed by atoms with Crippen molar-refractivity contribution < 1.29 is 9.32 Å². The fourth-order valence-corrected chi connectivity index (χ4v) is 3.61. The third kappa shape index (κ3) is 4.17. The topological polar surface area (TPSA) is 49.6 Å². The minimum Gasteiger partial charge on any atom is -0.361 e. The average Bonchev–Trinajstić information content (AvgIpc) is 2.77. The van der Waals surface area contributed by atoms with Crippen LogP contribution >= 0.6 is 23.2 Å². The van der Waals surface area contributed by atoms with Crippen LogP contribution in [0.15, 0.2) is 22.7 Å². The summed E-state index contributed by atoms with van der Waals surface area (Å²) < 4.78 is 5.24. The van der Waals surface area contributed by atoms with Crippen LogP contribution in [-0.4, -0.2) is 47.0 Å². The van der Waals surface area contributed by atoms with E-state index in [4.69, 9.17) is 27.7 Å². The van der Waals surface area contributed by atoms with Crippen LogP contribution in [0.3, 0.4) is 0 Å². The second-order valence-electron chi connectivity index (χ2n) is 6.35. The maximum Gasteiger partial charge on any atom is 0.255 e. The van der Waals surface area contributed by atoms with Gasteiger partial charge < -0.3 is 9.42 Å². The number of hydrogen-bond acceptors (Lipinski definition) is 4. The molecule has 0 N–H and O–H groups in total. The lowest BCUT2D eigenvalue weighted by Gasteiger charge is -2.22. The molecule has 2 heterocycles. The van der Waals surface area contributed by atoms with Crippen molar-refractivity contribution >= 4 is 29.1 Å². The molecule has 1 aliphatic rings. The van der Waals surface area contributed by atoms with Crippen molar-refractivity contribution in [1.29, 1.82) is 0 Å². The van der Waals surface area contributed by atoms with Gasteiger partial charge in [0.15, 0.2) is 0 Å². The highest BCUT2D eigenvalue weighted by molar-refractivity contribution is 6.36. The molecule has 0 spiro atoms. The Morgan fingerprint density at radius 3 is 2.68 bits per heavy atom. The lowest BCUT2D eigenvalue weighted by molar-refractivity contribution is 0.0761. The van der Waals surface area contributed by atoms with Gasteiger partial charge in [-0.1, -0.05) is 28.4 Å². The monoisotopic (exact) mass is 381 g/mol. The number of hydrogen-bond donors (Lipinski definition) is 0. The van der Waals surface area contributed by atoms with E-state index in [-0.39, 0.29) is 5.91 Å². The zero-order valence-electron chi connectivity index (χ0n) is 14.4. The van der Waals surface area contributed by atoms with Crippen molar-refractivity contribution in [3.63, 3.8) is 0 Å². The molecule has 2 aromatic rings. The number of carbonyl (C=O) groups excluding carboxylic acids is 1.